The van der Waals surface area contributed by atoms with Crippen molar-refractivity contribution in [3.63, 3.8) is 0 Å². The average molecular weight is 235 g/mol. The molecule has 0 aliphatic carbocycles. The van der Waals surface area contributed by atoms with Crippen molar-refractivity contribution in [3.05, 3.63) is 24.3 Å². The molecule has 0 aliphatic heterocycles. The molecule has 0 amide bonds. The summed E-state index contributed by atoms with van der Waals surface area (Å²) in [5.74, 6) is 0.657. The minimum atomic E-state index is 0.237. The molecule has 3 heteroatoms. The lowest BCUT2D eigenvalue weighted by Gasteiger charge is -2.13. The third kappa shape index (κ3) is 2.73. The highest BCUT2D eigenvalue weighted by atomic mass is 32.1. The molecule has 0 spiro atoms. The van der Waals surface area contributed by atoms with Crippen molar-refractivity contribution in [2.75, 3.05) is 0 Å². The highest BCUT2D eigenvalue weighted by molar-refractivity contribution is 7.20. The molecule has 16 heavy (non-hydrogen) atoms. The van der Waals surface area contributed by atoms with Crippen LogP contribution in [0, 0.1) is 5.92 Å². The molecule has 0 N–H and O–H groups in total. The second kappa shape index (κ2) is 4.83. The molecule has 0 aliphatic rings. The zero-order valence-corrected chi connectivity index (χ0v) is 10.8. The summed E-state index contributed by atoms with van der Waals surface area (Å²) in [6.07, 6.45) is 1.30. The largest absolute Gasteiger partial charge is 0.467 e. The van der Waals surface area contributed by atoms with Crippen LogP contribution in [0.2, 0.25) is 0 Å². The van der Waals surface area contributed by atoms with Crippen molar-refractivity contribution >= 4 is 21.6 Å². The van der Waals surface area contributed by atoms with E-state index in [9.17, 15) is 0 Å². The van der Waals surface area contributed by atoms with E-state index >= 15 is 0 Å². The molecule has 0 saturated heterocycles. The van der Waals surface area contributed by atoms with Gasteiger partial charge in [-0.05, 0) is 31.4 Å². The van der Waals surface area contributed by atoms with Gasteiger partial charge in [0.15, 0.2) is 0 Å². The van der Waals surface area contributed by atoms with E-state index in [0.29, 0.717) is 5.92 Å². The molecular weight excluding hydrogens is 218 g/mol. The summed E-state index contributed by atoms with van der Waals surface area (Å²) >= 11 is 1.62. The Morgan fingerprint density at radius 3 is 2.69 bits per heavy atom. The van der Waals surface area contributed by atoms with Gasteiger partial charge in [-0.2, -0.15) is 0 Å². The molecule has 0 bridgehead atoms. The maximum absolute atomic E-state index is 5.82. The number of rotatable bonds is 4. The van der Waals surface area contributed by atoms with Crippen LogP contribution in [-0.2, 0) is 0 Å². The van der Waals surface area contributed by atoms with Gasteiger partial charge in [-0.15, -0.1) is 0 Å². The third-order valence-electron chi connectivity index (χ3n) is 2.38. The number of aromatic nitrogens is 1. The van der Waals surface area contributed by atoms with Crippen LogP contribution in [0.1, 0.15) is 27.2 Å². The second-order valence-corrected chi connectivity index (χ2v) is 5.50. The molecule has 2 aromatic rings. The topological polar surface area (TPSA) is 22.1 Å². The number of benzene rings is 1. The standard InChI is InChI=1S/C13H17NOS/c1-9(2)8-10(3)15-13-14-11-6-4-5-7-12(11)16-13/h4-7,9-10H,8H2,1-3H3/t10-/m1/s1. The van der Waals surface area contributed by atoms with E-state index < -0.39 is 0 Å². The fraction of sp³-hybridized carbons (Fsp3) is 0.462. The first kappa shape index (κ1) is 11.4. The van der Waals surface area contributed by atoms with Gasteiger partial charge in [0.1, 0.15) is 0 Å². The fourth-order valence-corrected chi connectivity index (χ4v) is 2.69. The Labute approximate surface area is 100 Å². The van der Waals surface area contributed by atoms with E-state index in [4.69, 9.17) is 4.74 Å². The van der Waals surface area contributed by atoms with Gasteiger partial charge in [0.05, 0.1) is 16.3 Å². The van der Waals surface area contributed by atoms with Gasteiger partial charge in [0.2, 0.25) is 0 Å². The molecular formula is C13H17NOS. The predicted molar refractivity (Wildman–Crippen MR) is 69.2 cm³/mol. The summed E-state index contributed by atoms with van der Waals surface area (Å²) < 4.78 is 7.01. The van der Waals surface area contributed by atoms with Crippen LogP contribution in [0.25, 0.3) is 10.2 Å². The lowest BCUT2D eigenvalue weighted by atomic mass is 10.1. The third-order valence-corrected chi connectivity index (χ3v) is 3.31. The van der Waals surface area contributed by atoms with Gasteiger partial charge in [0.25, 0.3) is 5.19 Å². The molecule has 0 radical (unpaired) electrons. The normalized spacial score (nSPS) is 13.2. The number of nitrogens with zero attached hydrogens (tertiary/aromatic N) is 1. The summed E-state index contributed by atoms with van der Waals surface area (Å²) in [4.78, 5) is 4.46. The van der Waals surface area contributed by atoms with Gasteiger partial charge in [-0.3, -0.25) is 0 Å². The van der Waals surface area contributed by atoms with Gasteiger partial charge in [-0.25, -0.2) is 4.98 Å². The van der Waals surface area contributed by atoms with E-state index in [1.807, 2.05) is 18.2 Å². The molecule has 1 aromatic carbocycles. The maximum Gasteiger partial charge on any atom is 0.274 e. The lowest BCUT2D eigenvalue weighted by molar-refractivity contribution is 0.193. The van der Waals surface area contributed by atoms with Crippen LogP contribution in [0.5, 0.6) is 5.19 Å². The molecule has 0 saturated carbocycles. The summed E-state index contributed by atoms with van der Waals surface area (Å²) in [7, 11) is 0. The summed E-state index contributed by atoms with van der Waals surface area (Å²) in [5, 5.41) is 0.786. The van der Waals surface area contributed by atoms with Crippen LogP contribution < -0.4 is 4.74 Å². The van der Waals surface area contributed by atoms with Crippen molar-refractivity contribution in [1.82, 2.24) is 4.98 Å². The lowest BCUT2D eigenvalue weighted by Crippen LogP contribution is -2.14. The fourth-order valence-electron chi connectivity index (χ4n) is 1.79. The smallest absolute Gasteiger partial charge is 0.274 e. The average Bonchev–Trinajstić information content (AvgIpc) is 2.57. The van der Waals surface area contributed by atoms with Gasteiger partial charge < -0.3 is 4.74 Å². The van der Waals surface area contributed by atoms with E-state index in [1.54, 1.807) is 11.3 Å². The molecule has 1 atom stereocenters. The Morgan fingerprint density at radius 1 is 1.25 bits per heavy atom. The number of hydrogen-bond acceptors (Lipinski definition) is 3. The van der Waals surface area contributed by atoms with Gasteiger partial charge >= 0.3 is 0 Å². The van der Waals surface area contributed by atoms with Crippen molar-refractivity contribution in [2.45, 2.75) is 33.3 Å². The Kier molecular flexibility index (Phi) is 3.44. The zero-order chi connectivity index (χ0) is 11.5. The second-order valence-electron chi connectivity index (χ2n) is 4.51. The van der Waals surface area contributed by atoms with E-state index in [-0.39, 0.29) is 6.10 Å². The SMILES string of the molecule is CC(C)C[C@@H](C)Oc1nc2ccccc2s1. The van der Waals surface area contributed by atoms with Crippen LogP contribution in [0.15, 0.2) is 24.3 Å². The Hall–Kier alpha value is -1.09. The van der Waals surface area contributed by atoms with Crippen molar-refractivity contribution < 1.29 is 4.74 Å². The summed E-state index contributed by atoms with van der Waals surface area (Å²) in [6, 6.07) is 8.13. The Bertz CT molecular complexity index is 431. The van der Waals surface area contributed by atoms with Crippen LogP contribution in [-0.4, -0.2) is 11.1 Å². The highest BCUT2D eigenvalue weighted by Crippen LogP contribution is 2.28. The quantitative estimate of drug-likeness (QED) is 0.795. The van der Waals surface area contributed by atoms with Gasteiger partial charge in [-0.1, -0.05) is 37.3 Å². The first-order valence-electron chi connectivity index (χ1n) is 5.67. The Balaban J connectivity index is 2.09. The van der Waals surface area contributed by atoms with Crippen molar-refractivity contribution in [1.29, 1.82) is 0 Å². The number of thiazole rings is 1. The predicted octanol–water partition coefficient (Wildman–Crippen LogP) is 4.11. The van der Waals surface area contributed by atoms with E-state index in [1.165, 1.54) is 4.70 Å². The molecule has 1 heterocycles. The van der Waals surface area contributed by atoms with Crippen LogP contribution in [0.3, 0.4) is 0 Å². The molecule has 2 rings (SSSR count). The van der Waals surface area contributed by atoms with Crippen molar-refractivity contribution in [3.8, 4) is 5.19 Å². The summed E-state index contributed by atoms with van der Waals surface area (Å²) in [5.41, 5.74) is 1.03. The molecule has 0 fully saturated rings. The first-order chi connectivity index (χ1) is 7.65. The molecule has 0 unspecified atom stereocenters. The van der Waals surface area contributed by atoms with Gasteiger partial charge in [0, 0.05) is 0 Å². The molecule has 86 valence electrons. The Morgan fingerprint density at radius 2 is 2.00 bits per heavy atom. The van der Waals surface area contributed by atoms with Crippen LogP contribution in [0.4, 0.5) is 0 Å². The molecule has 2 nitrogen and oxygen atoms in total. The highest BCUT2D eigenvalue weighted by Gasteiger charge is 2.10. The number of fused-ring (bicyclic) bond motifs is 1. The zero-order valence-electron chi connectivity index (χ0n) is 9.93. The minimum Gasteiger partial charge on any atom is -0.467 e. The maximum atomic E-state index is 5.82. The number of ether oxygens (including phenoxy) is 1. The number of hydrogen-bond donors (Lipinski definition) is 0. The van der Waals surface area contributed by atoms with Crippen molar-refractivity contribution in [2.24, 2.45) is 5.92 Å². The number of para-hydroxylation sites is 1. The molecule has 1 aromatic heterocycles. The monoisotopic (exact) mass is 235 g/mol. The van der Waals surface area contributed by atoms with E-state index in [0.717, 1.165) is 17.1 Å². The van der Waals surface area contributed by atoms with Crippen LogP contribution >= 0.6 is 11.3 Å². The summed E-state index contributed by atoms with van der Waals surface area (Å²) in [6.45, 7) is 6.52. The minimum absolute atomic E-state index is 0.237. The van der Waals surface area contributed by atoms with E-state index in [2.05, 4.69) is 31.8 Å². The first-order valence-corrected chi connectivity index (χ1v) is 6.49.